The van der Waals surface area contributed by atoms with Crippen molar-refractivity contribution in [1.82, 2.24) is 15.0 Å². The fourth-order valence-corrected chi connectivity index (χ4v) is 6.74. The van der Waals surface area contributed by atoms with Gasteiger partial charge in [0, 0.05) is 27.6 Å². The van der Waals surface area contributed by atoms with E-state index in [1.807, 2.05) is 42.5 Å². The summed E-state index contributed by atoms with van der Waals surface area (Å²) in [5.74, 6) is 0.707. The summed E-state index contributed by atoms with van der Waals surface area (Å²) in [5, 5.41) is 3.59. The first-order chi connectivity index (χ1) is 24.8. The van der Waals surface area contributed by atoms with Crippen molar-refractivity contribution in [2.45, 2.75) is 0 Å². The summed E-state index contributed by atoms with van der Waals surface area (Å²) >= 11 is 0. The molecular formula is C47H31N3. The van der Waals surface area contributed by atoms with Gasteiger partial charge in [0.1, 0.15) is 0 Å². The number of fused-ring (bicyclic) bond motifs is 3. The van der Waals surface area contributed by atoms with E-state index in [4.69, 9.17) is 15.0 Å². The Labute approximate surface area is 291 Å². The van der Waals surface area contributed by atoms with Crippen molar-refractivity contribution in [3.8, 4) is 67.4 Å². The number of hydrogen-bond donors (Lipinski definition) is 0. The van der Waals surface area contributed by atoms with Gasteiger partial charge in [0.15, 0.2) is 5.82 Å². The molecule has 0 saturated carbocycles. The van der Waals surface area contributed by atoms with Crippen LogP contribution < -0.4 is 0 Å². The van der Waals surface area contributed by atoms with Crippen molar-refractivity contribution < 1.29 is 0 Å². The highest BCUT2D eigenvalue weighted by Crippen LogP contribution is 2.37. The number of pyridine rings is 1. The van der Waals surface area contributed by atoms with Crippen LogP contribution in [0.4, 0.5) is 0 Å². The molecule has 9 rings (SSSR count). The number of hydrogen-bond acceptors (Lipinski definition) is 3. The lowest BCUT2D eigenvalue weighted by molar-refractivity contribution is 1.18. The van der Waals surface area contributed by atoms with E-state index >= 15 is 0 Å². The van der Waals surface area contributed by atoms with Gasteiger partial charge in [0.05, 0.1) is 22.6 Å². The van der Waals surface area contributed by atoms with Gasteiger partial charge in [0.2, 0.25) is 0 Å². The number of aromatic nitrogens is 3. The highest BCUT2D eigenvalue weighted by molar-refractivity contribution is 6.13. The first-order valence-corrected chi connectivity index (χ1v) is 16.9. The average molecular weight is 638 g/mol. The zero-order valence-electron chi connectivity index (χ0n) is 27.2. The van der Waals surface area contributed by atoms with Gasteiger partial charge in [-0.25, -0.2) is 15.0 Å². The Kier molecular flexibility index (Phi) is 7.49. The summed E-state index contributed by atoms with van der Waals surface area (Å²) < 4.78 is 0. The Bertz CT molecular complexity index is 2540. The second-order valence-electron chi connectivity index (χ2n) is 12.5. The van der Waals surface area contributed by atoms with Gasteiger partial charge in [-0.2, -0.15) is 0 Å². The minimum Gasteiger partial charge on any atom is -0.248 e. The molecule has 3 nitrogen and oxygen atoms in total. The van der Waals surface area contributed by atoms with E-state index in [2.05, 4.69) is 146 Å². The Morgan fingerprint density at radius 2 is 0.760 bits per heavy atom. The maximum absolute atomic E-state index is 5.12. The van der Waals surface area contributed by atoms with Crippen molar-refractivity contribution in [1.29, 1.82) is 0 Å². The van der Waals surface area contributed by atoms with Gasteiger partial charge in [-0.15, -0.1) is 0 Å². The molecule has 0 saturated heterocycles. The largest absolute Gasteiger partial charge is 0.248 e. The molecule has 0 fully saturated rings. The summed E-state index contributed by atoms with van der Waals surface area (Å²) in [4.78, 5) is 15.1. The van der Waals surface area contributed by atoms with Crippen LogP contribution in [0.1, 0.15) is 0 Å². The molecular weight excluding hydrogens is 607 g/mol. The average Bonchev–Trinajstić information content (AvgIpc) is 3.21. The number of nitrogens with zero attached hydrogens (tertiary/aromatic N) is 3. The van der Waals surface area contributed by atoms with E-state index in [0.29, 0.717) is 5.82 Å². The summed E-state index contributed by atoms with van der Waals surface area (Å²) in [6.07, 6.45) is 0. The molecule has 234 valence electrons. The number of rotatable bonds is 6. The lowest BCUT2D eigenvalue weighted by atomic mass is 9.93. The van der Waals surface area contributed by atoms with Crippen LogP contribution in [0.3, 0.4) is 0 Å². The van der Waals surface area contributed by atoms with Gasteiger partial charge in [0.25, 0.3) is 0 Å². The minimum absolute atomic E-state index is 0.707. The number of benzene rings is 7. The van der Waals surface area contributed by atoms with Gasteiger partial charge in [-0.05, 0) is 51.2 Å². The van der Waals surface area contributed by atoms with Gasteiger partial charge < -0.3 is 0 Å². The predicted octanol–water partition coefficient (Wildman–Crippen LogP) is 12.2. The summed E-state index contributed by atoms with van der Waals surface area (Å²) in [7, 11) is 0. The molecule has 50 heavy (non-hydrogen) atoms. The van der Waals surface area contributed by atoms with Crippen molar-refractivity contribution in [3.63, 3.8) is 0 Å². The first kappa shape index (κ1) is 29.4. The second kappa shape index (κ2) is 12.7. The van der Waals surface area contributed by atoms with Crippen LogP contribution in [0.25, 0.3) is 89.1 Å². The topological polar surface area (TPSA) is 38.7 Å². The predicted molar refractivity (Wildman–Crippen MR) is 207 cm³/mol. The van der Waals surface area contributed by atoms with E-state index in [1.54, 1.807) is 0 Å². The molecule has 0 aliphatic carbocycles. The van der Waals surface area contributed by atoms with Crippen LogP contribution in [-0.4, -0.2) is 15.0 Å². The Morgan fingerprint density at radius 1 is 0.300 bits per heavy atom. The minimum atomic E-state index is 0.707. The monoisotopic (exact) mass is 637 g/mol. The lowest BCUT2D eigenvalue weighted by Crippen LogP contribution is -1.95. The van der Waals surface area contributed by atoms with E-state index in [9.17, 15) is 0 Å². The molecule has 0 N–H and O–H groups in total. The molecule has 3 heteroatoms. The van der Waals surface area contributed by atoms with E-state index in [1.165, 1.54) is 21.7 Å². The van der Waals surface area contributed by atoms with Crippen molar-refractivity contribution in [3.05, 3.63) is 188 Å². The van der Waals surface area contributed by atoms with Crippen molar-refractivity contribution in [2.75, 3.05) is 0 Å². The smallest absolute Gasteiger partial charge is 0.160 e. The highest BCUT2D eigenvalue weighted by Gasteiger charge is 2.14. The van der Waals surface area contributed by atoms with Gasteiger partial charge >= 0.3 is 0 Å². The molecule has 2 aromatic heterocycles. The normalized spacial score (nSPS) is 11.2. The summed E-state index contributed by atoms with van der Waals surface area (Å²) in [6, 6.07) is 65.6. The molecule has 0 atom stereocenters. The molecule has 0 aliphatic rings. The van der Waals surface area contributed by atoms with E-state index in [0.717, 1.165) is 61.5 Å². The van der Waals surface area contributed by atoms with Gasteiger partial charge in [-0.3, -0.25) is 0 Å². The standard InChI is InChI=1S/C47H31N3/c1-4-13-36(14-5-1)43-30-41(46-40-19-11-10-12-34(40)28-29-42(46)48-43)35-24-20-32(21-25-35)33-22-26-39(27-23-33)47-49-44(37-15-6-2-7-16-37)31-45(50-47)38-17-8-3-9-18-38/h1-31H. The summed E-state index contributed by atoms with van der Waals surface area (Å²) in [6.45, 7) is 0. The molecule has 0 amide bonds. The maximum atomic E-state index is 5.12. The Morgan fingerprint density at radius 3 is 1.32 bits per heavy atom. The van der Waals surface area contributed by atoms with E-state index in [-0.39, 0.29) is 0 Å². The zero-order valence-corrected chi connectivity index (χ0v) is 27.2. The third-order valence-corrected chi connectivity index (χ3v) is 9.31. The van der Waals surface area contributed by atoms with Crippen molar-refractivity contribution in [2.24, 2.45) is 0 Å². The third kappa shape index (κ3) is 5.61. The molecule has 0 spiro atoms. The molecule has 0 unspecified atom stereocenters. The Balaban J connectivity index is 1.09. The second-order valence-corrected chi connectivity index (χ2v) is 12.5. The molecule has 0 aliphatic heterocycles. The van der Waals surface area contributed by atoms with Crippen LogP contribution in [0.15, 0.2) is 188 Å². The summed E-state index contributed by atoms with van der Waals surface area (Å²) in [5.41, 5.74) is 12.6. The first-order valence-electron chi connectivity index (χ1n) is 16.9. The Hall–Kier alpha value is -6.71. The molecule has 9 aromatic rings. The lowest BCUT2D eigenvalue weighted by Gasteiger charge is -2.14. The molecule has 2 heterocycles. The van der Waals surface area contributed by atoms with Crippen LogP contribution in [0, 0.1) is 0 Å². The quantitative estimate of drug-likeness (QED) is 0.170. The van der Waals surface area contributed by atoms with Crippen LogP contribution in [-0.2, 0) is 0 Å². The SMILES string of the molecule is c1ccc(-c2cc(-c3ccccc3)nc(-c3ccc(-c4ccc(-c5cc(-c6ccccc6)nc6ccc7ccccc7c56)cc4)cc3)n2)cc1. The molecule has 7 aromatic carbocycles. The van der Waals surface area contributed by atoms with Crippen LogP contribution in [0.5, 0.6) is 0 Å². The van der Waals surface area contributed by atoms with Crippen LogP contribution in [0.2, 0.25) is 0 Å². The van der Waals surface area contributed by atoms with Crippen molar-refractivity contribution >= 4 is 21.7 Å². The fraction of sp³-hybridized carbons (Fsp3) is 0. The fourth-order valence-electron chi connectivity index (χ4n) is 6.74. The third-order valence-electron chi connectivity index (χ3n) is 9.31. The van der Waals surface area contributed by atoms with Gasteiger partial charge in [-0.1, -0.05) is 170 Å². The van der Waals surface area contributed by atoms with E-state index < -0.39 is 0 Å². The van der Waals surface area contributed by atoms with Crippen LogP contribution >= 0.6 is 0 Å². The molecule has 0 radical (unpaired) electrons. The molecule has 0 bridgehead atoms. The zero-order chi connectivity index (χ0) is 33.3. The maximum Gasteiger partial charge on any atom is 0.160 e. The highest BCUT2D eigenvalue weighted by atomic mass is 14.9.